The molecule has 1 unspecified atom stereocenters. The van der Waals surface area contributed by atoms with Gasteiger partial charge in [-0.15, -0.1) is 0 Å². The molecule has 0 aliphatic carbocycles. The first-order chi connectivity index (χ1) is 9.11. The van der Waals surface area contributed by atoms with E-state index in [2.05, 4.69) is 0 Å². The highest BCUT2D eigenvalue weighted by molar-refractivity contribution is 5.84. The Morgan fingerprint density at radius 1 is 1.32 bits per heavy atom. The first-order valence-corrected chi connectivity index (χ1v) is 6.19. The molecule has 1 heterocycles. The van der Waals surface area contributed by atoms with Crippen LogP contribution in [-0.4, -0.2) is 17.6 Å². The Morgan fingerprint density at radius 3 is 2.63 bits per heavy atom. The highest BCUT2D eigenvalue weighted by atomic mass is 16.4. The fourth-order valence-corrected chi connectivity index (χ4v) is 2.21. The summed E-state index contributed by atoms with van der Waals surface area (Å²) >= 11 is 0. The molecule has 2 rings (SSSR count). The Kier molecular flexibility index (Phi) is 4.02. The molecule has 0 amide bonds. The Balaban J connectivity index is 2.19. The molecule has 1 atom stereocenters. The van der Waals surface area contributed by atoms with Crippen LogP contribution in [-0.2, 0) is 6.42 Å². The molecule has 0 aliphatic rings. The van der Waals surface area contributed by atoms with Gasteiger partial charge in [-0.3, -0.25) is 0 Å². The molecule has 0 bridgehead atoms. The monoisotopic (exact) mass is 259 g/mol. The van der Waals surface area contributed by atoms with Crippen molar-refractivity contribution in [3.63, 3.8) is 0 Å². The van der Waals surface area contributed by atoms with E-state index in [-0.39, 0.29) is 11.7 Å². The average molecular weight is 259 g/mol. The zero-order valence-electron chi connectivity index (χ0n) is 10.8. The van der Waals surface area contributed by atoms with Crippen molar-refractivity contribution in [2.24, 2.45) is 5.73 Å². The Bertz CT molecular complexity index is 574. The Labute approximate surface area is 111 Å². The molecule has 0 fully saturated rings. The fraction of sp³-hybridized carbons (Fsp3) is 0.267. The van der Waals surface area contributed by atoms with Crippen LogP contribution in [0.15, 0.2) is 40.8 Å². The summed E-state index contributed by atoms with van der Waals surface area (Å²) in [5.41, 5.74) is 8.19. The van der Waals surface area contributed by atoms with Crippen LogP contribution in [0.1, 0.15) is 33.4 Å². The van der Waals surface area contributed by atoms with Gasteiger partial charge in [0.05, 0.1) is 0 Å². The van der Waals surface area contributed by atoms with E-state index in [1.807, 2.05) is 31.2 Å². The highest BCUT2D eigenvalue weighted by Gasteiger charge is 2.16. The minimum Gasteiger partial charge on any atom is -0.475 e. The number of furan rings is 1. The molecule has 0 saturated carbocycles. The van der Waals surface area contributed by atoms with E-state index in [1.165, 1.54) is 17.2 Å². The second kappa shape index (κ2) is 5.71. The van der Waals surface area contributed by atoms with Crippen LogP contribution in [0.3, 0.4) is 0 Å². The summed E-state index contributed by atoms with van der Waals surface area (Å²) in [7, 11) is 0. The van der Waals surface area contributed by atoms with Crippen LogP contribution in [0, 0.1) is 6.92 Å². The third-order valence-electron chi connectivity index (χ3n) is 3.23. The normalized spacial score (nSPS) is 12.3. The van der Waals surface area contributed by atoms with Gasteiger partial charge in [-0.05, 0) is 36.7 Å². The summed E-state index contributed by atoms with van der Waals surface area (Å²) in [5, 5.41) is 8.83. The lowest BCUT2D eigenvalue weighted by atomic mass is 9.91. The van der Waals surface area contributed by atoms with Gasteiger partial charge in [-0.25, -0.2) is 4.79 Å². The quantitative estimate of drug-likeness (QED) is 0.865. The van der Waals surface area contributed by atoms with Gasteiger partial charge in [-0.2, -0.15) is 0 Å². The summed E-state index contributed by atoms with van der Waals surface area (Å²) in [5.74, 6) is -0.299. The van der Waals surface area contributed by atoms with Crippen molar-refractivity contribution in [2.75, 3.05) is 6.54 Å². The average Bonchev–Trinajstić information content (AvgIpc) is 2.86. The Morgan fingerprint density at radius 2 is 2.05 bits per heavy atom. The van der Waals surface area contributed by atoms with Gasteiger partial charge in [-0.1, -0.05) is 24.3 Å². The van der Waals surface area contributed by atoms with E-state index in [0.29, 0.717) is 18.7 Å². The van der Waals surface area contributed by atoms with E-state index in [0.717, 1.165) is 0 Å². The Hall–Kier alpha value is -2.07. The van der Waals surface area contributed by atoms with Gasteiger partial charge < -0.3 is 15.3 Å². The van der Waals surface area contributed by atoms with Gasteiger partial charge >= 0.3 is 5.97 Å². The first kappa shape index (κ1) is 13.4. The molecular weight excluding hydrogens is 242 g/mol. The molecule has 2 aromatic rings. The van der Waals surface area contributed by atoms with Gasteiger partial charge in [0, 0.05) is 12.3 Å². The fourth-order valence-electron chi connectivity index (χ4n) is 2.21. The maximum atomic E-state index is 10.8. The number of hydrogen-bond acceptors (Lipinski definition) is 3. The van der Waals surface area contributed by atoms with Gasteiger partial charge in [0.2, 0.25) is 5.76 Å². The summed E-state index contributed by atoms with van der Waals surface area (Å²) in [6.45, 7) is 2.54. The van der Waals surface area contributed by atoms with Crippen molar-refractivity contribution < 1.29 is 14.3 Å². The van der Waals surface area contributed by atoms with Crippen molar-refractivity contribution in [1.82, 2.24) is 0 Å². The summed E-state index contributed by atoms with van der Waals surface area (Å²) in [6, 6.07) is 11.2. The second-order valence-corrected chi connectivity index (χ2v) is 4.56. The largest absolute Gasteiger partial charge is 0.475 e. The van der Waals surface area contributed by atoms with E-state index in [9.17, 15) is 4.79 Å². The molecule has 0 radical (unpaired) electrons. The van der Waals surface area contributed by atoms with Crippen molar-refractivity contribution in [1.29, 1.82) is 0 Å². The van der Waals surface area contributed by atoms with Crippen molar-refractivity contribution in [3.05, 3.63) is 59.0 Å². The standard InChI is InChI=1S/C15H17NO3/c1-10-4-2-3-5-13(10)11(9-16)8-12-6-7-14(19-12)15(17)18/h2-7,11H,8-9,16H2,1H3,(H,17,18). The molecular formula is C15H17NO3. The van der Waals surface area contributed by atoms with Crippen LogP contribution in [0.5, 0.6) is 0 Å². The van der Waals surface area contributed by atoms with E-state index < -0.39 is 5.97 Å². The summed E-state index contributed by atoms with van der Waals surface area (Å²) < 4.78 is 5.28. The van der Waals surface area contributed by atoms with E-state index in [4.69, 9.17) is 15.3 Å². The summed E-state index contributed by atoms with van der Waals surface area (Å²) in [4.78, 5) is 10.8. The van der Waals surface area contributed by atoms with Crippen molar-refractivity contribution in [2.45, 2.75) is 19.3 Å². The SMILES string of the molecule is Cc1ccccc1C(CN)Cc1ccc(C(=O)O)o1. The van der Waals surface area contributed by atoms with Gasteiger partial charge in [0.25, 0.3) is 0 Å². The van der Waals surface area contributed by atoms with Crippen LogP contribution < -0.4 is 5.73 Å². The third-order valence-corrected chi connectivity index (χ3v) is 3.23. The van der Waals surface area contributed by atoms with Crippen molar-refractivity contribution >= 4 is 5.97 Å². The minimum absolute atomic E-state index is 0.0319. The zero-order valence-corrected chi connectivity index (χ0v) is 10.8. The van der Waals surface area contributed by atoms with Crippen LogP contribution in [0.4, 0.5) is 0 Å². The maximum absolute atomic E-state index is 10.8. The van der Waals surface area contributed by atoms with Crippen molar-refractivity contribution in [3.8, 4) is 0 Å². The van der Waals surface area contributed by atoms with Crippen LogP contribution in [0.2, 0.25) is 0 Å². The number of aryl methyl sites for hydroxylation is 1. The lowest BCUT2D eigenvalue weighted by Crippen LogP contribution is -2.15. The molecule has 1 aromatic heterocycles. The highest BCUT2D eigenvalue weighted by Crippen LogP contribution is 2.24. The molecule has 0 spiro atoms. The molecule has 4 heteroatoms. The summed E-state index contributed by atoms with van der Waals surface area (Å²) in [6.07, 6.45) is 0.606. The lowest BCUT2D eigenvalue weighted by Gasteiger charge is -2.16. The number of aromatic carboxylic acids is 1. The molecule has 1 aromatic carbocycles. The first-order valence-electron chi connectivity index (χ1n) is 6.19. The predicted molar refractivity (Wildman–Crippen MR) is 72.3 cm³/mol. The molecule has 0 saturated heterocycles. The molecule has 0 aliphatic heterocycles. The number of hydrogen-bond donors (Lipinski definition) is 2. The second-order valence-electron chi connectivity index (χ2n) is 4.56. The zero-order chi connectivity index (χ0) is 13.8. The number of nitrogens with two attached hydrogens (primary N) is 1. The minimum atomic E-state index is -1.05. The number of carboxylic acid groups (broad SMARTS) is 1. The topological polar surface area (TPSA) is 76.5 Å². The van der Waals surface area contributed by atoms with E-state index >= 15 is 0 Å². The third kappa shape index (κ3) is 3.03. The maximum Gasteiger partial charge on any atom is 0.371 e. The van der Waals surface area contributed by atoms with Crippen LogP contribution in [0.25, 0.3) is 0 Å². The molecule has 100 valence electrons. The van der Waals surface area contributed by atoms with Crippen LogP contribution >= 0.6 is 0 Å². The molecule has 3 N–H and O–H groups in total. The number of carbonyl (C=O) groups is 1. The van der Waals surface area contributed by atoms with Gasteiger partial charge in [0.1, 0.15) is 5.76 Å². The molecule has 19 heavy (non-hydrogen) atoms. The number of rotatable bonds is 5. The lowest BCUT2D eigenvalue weighted by molar-refractivity contribution is 0.0660. The number of benzene rings is 1. The predicted octanol–water partition coefficient (Wildman–Crippen LogP) is 2.57. The van der Waals surface area contributed by atoms with Gasteiger partial charge in [0.15, 0.2) is 0 Å². The molecule has 4 nitrogen and oxygen atoms in total. The smallest absolute Gasteiger partial charge is 0.371 e. The van der Waals surface area contributed by atoms with E-state index in [1.54, 1.807) is 6.07 Å². The number of carboxylic acids is 1.